The minimum atomic E-state index is -0.280. The monoisotopic (exact) mass is 309 g/mol. The van der Waals surface area contributed by atoms with E-state index in [9.17, 15) is 4.79 Å². The number of amides is 1. The summed E-state index contributed by atoms with van der Waals surface area (Å²) in [4.78, 5) is 20.8. The van der Waals surface area contributed by atoms with Crippen molar-refractivity contribution >= 4 is 11.7 Å². The summed E-state index contributed by atoms with van der Waals surface area (Å²) in [5.41, 5.74) is 1.97. The largest absolute Gasteiger partial charge is 0.342 e. The molecule has 0 aliphatic rings. The van der Waals surface area contributed by atoms with Crippen molar-refractivity contribution in [1.82, 2.24) is 24.9 Å². The lowest BCUT2D eigenvalue weighted by Crippen LogP contribution is -2.29. The topological polar surface area (TPSA) is 72.2 Å². The van der Waals surface area contributed by atoms with Crippen molar-refractivity contribution in [2.24, 2.45) is 0 Å². The Morgan fingerprint density at radius 2 is 2.04 bits per heavy atom. The molecular weight excluding hydrogens is 290 g/mol. The van der Waals surface area contributed by atoms with E-state index in [0.29, 0.717) is 5.78 Å². The SMILES string of the molecule is CCC[C@@H](NC(=O)c1nc2nccc(C)n2n1)c1ccccc1. The lowest BCUT2D eigenvalue weighted by Gasteiger charge is -2.17. The molecule has 0 saturated carbocycles. The Morgan fingerprint density at radius 3 is 2.74 bits per heavy atom. The molecule has 118 valence electrons. The summed E-state index contributed by atoms with van der Waals surface area (Å²) in [7, 11) is 0. The van der Waals surface area contributed by atoms with Crippen LogP contribution in [0.5, 0.6) is 0 Å². The van der Waals surface area contributed by atoms with Gasteiger partial charge in [0, 0.05) is 11.9 Å². The van der Waals surface area contributed by atoms with E-state index < -0.39 is 0 Å². The number of carbonyl (C=O) groups is 1. The van der Waals surface area contributed by atoms with Crippen molar-refractivity contribution in [2.75, 3.05) is 0 Å². The normalized spacial score (nSPS) is 12.3. The van der Waals surface area contributed by atoms with Crippen LogP contribution < -0.4 is 5.32 Å². The molecule has 0 aliphatic carbocycles. The Bertz CT molecular complexity index is 812. The standard InChI is InChI=1S/C17H19N5O/c1-3-7-14(13-8-5-4-6-9-13)19-16(23)15-20-17-18-11-10-12(2)22(17)21-15/h4-6,8-11,14H,3,7H2,1-2H3,(H,19,23)/t14-/m1/s1. The Morgan fingerprint density at radius 1 is 1.26 bits per heavy atom. The van der Waals surface area contributed by atoms with Crippen molar-refractivity contribution < 1.29 is 4.79 Å². The predicted molar refractivity (Wildman–Crippen MR) is 87.1 cm³/mol. The molecule has 0 aliphatic heterocycles. The highest BCUT2D eigenvalue weighted by molar-refractivity contribution is 5.91. The first-order valence-electron chi connectivity index (χ1n) is 7.73. The smallest absolute Gasteiger partial charge is 0.291 e. The van der Waals surface area contributed by atoms with Gasteiger partial charge in [-0.25, -0.2) is 9.50 Å². The van der Waals surface area contributed by atoms with Gasteiger partial charge in [-0.3, -0.25) is 4.79 Å². The maximum absolute atomic E-state index is 12.5. The number of fused-ring (bicyclic) bond motifs is 1. The zero-order valence-corrected chi connectivity index (χ0v) is 13.2. The molecule has 0 unspecified atom stereocenters. The highest BCUT2D eigenvalue weighted by Crippen LogP contribution is 2.18. The van der Waals surface area contributed by atoms with Gasteiger partial charge in [0.1, 0.15) is 0 Å². The van der Waals surface area contributed by atoms with Crippen LogP contribution in [0.25, 0.3) is 5.78 Å². The second kappa shape index (κ2) is 6.56. The molecular formula is C17H19N5O. The van der Waals surface area contributed by atoms with Crippen molar-refractivity contribution in [1.29, 1.82) is 0 Å². The second-order valence-electron chi connectivity index (χ2n) is 5.46. The molecule has 1 aromatic carbocycles. The first-order valence-corrected chi connectivity index (χ1v) is 7.73. The third kappa shape index (κ3) is 3.21. The highest BCUT2D eigenvalue weighted by atomic mass is 16.2. The van der Waals surface area contributed by atoms with E-state index >= 15 is 0 Å². The average molecular weight is 309 g/mol. The van der Waals surface area contributed by atoms with E-state index in [4.69, 9.17) is 0 Å². The van der Waals surface area contributed by atoms with Crippen LogP contribution in [0.3, 0.4) is 0 Å². The van der Waals surface area contributed by atoms with Gasteiger partial charge in [-0.2, -0.15) is 4.98 Å². The van der Waals surface area contributed by atoms with E-state index in [0.717, 1.165) is 24.1 Å². The number of nitrogens with one attached hydrogen (secondary N) is 1. The number of rotatable bonds is 5. The van der Waals surface area contributed by atoms with E-state index in [-0.39, 0.29) is 17.8 Å². The first kappa shape index (κ1) is 15.1. The molecule has 1 N–H and O–H groups in total. The quantitative estimate of drug-likeness (QED) is 0.786. The number of benzene rings is 1. The molecule has 0 bridgehead atoms. The molecule has 1 atom stereocenters. The van der Waals surface area contributed by atoms with Gasteiger partial charge in [-0.15, -0.1) is 5.10 Å². The van der Waals surface area contributed by atoms with Crippen LogP contribution in [-0.4, -0.2) is 25.5 Å². The predicted octanol–water partition coefficient (Wildman–Crippen LogP) is 2.70. The van der Waals surface area contributed by atoms with Gasteiger partial charge in [-0.1, -0.05) is 43.7 Å². The molecule has 0 radical (unpaired) electrons. The van der Waals surface area contributed by atoms with Gasteiger partial charge in [0.05, 0.1) is 6.04 Å². The van der Waals surface area contributed by atoms with Crippen LogP contribution >= 0.6 is 0 Å². The zero-order chi connectivity index (χ0) is 16.2. The number of aromatic nitrogens is 4. The number of aryl methyl sites for hydroxylation is 1. The minimum absolute atomic E-state index is 0.0469. The third-order valence-electron chi connectivity index (χ3n) is 3.72. The molecule has 6 nitrogen and oxygen atoms in total. The highest BCUT2D eigenvalue weighted by Gasteiger charge is 2.19. The molecule has 2 aromatic heterocycles. The molecule has 0 saturated heterocycles. The zero-order valence-electron chi connectivity index (χ0n) is 13.2. The average Bonchev–Trinajstić information content (AvgIpc) is 3.01. The fourth-order valence-corrected chi connectivity index (χ4v) is 2.52. The van der Waals surface area contributed by atoms with Gasteiger partial charge in [0.15, 0.2) is 0 Å². The van der Waals surface area contributed by atoms with Gasteiger partial charge in [0.2, 0.25) is 5.82 Å². The van der Waals surface area contributed by atoms with Gasteiger partial charge in [0.25, 0.3) is 11.7 Å². The van der Waals surface area contributed by atoms with Crippen LogP contribution in [0, 0.1) is 6.92 Å². The minimum Gasteiger partial charge on any atom is -0.342 e. The summed E-state index contributed by atoms with van der Waals surface area (Å²) >= 11 is 0. The van der Waals surface area contributed by atoms with E-state index in [1.807, 2.05) is 43.3 Å². The summed E-state index contributed by atoms with van der Waals surface area (Å²) in [6.07, 6.45) is 3.49. The fraction of sp³-hybridized carbons (Fsp3) is 0.294. The summed E-state index contributed by atoms with van der Waals surface area (Å²) in [5.74, 6) is 0.294. The Kier molecular flexibility index (Phi) is 4.32. The molecule has 23 heavy (non-hydrogen) atoms. The fourth-order valence-electron chi connectivity index (χ4n) is 2.52. The number of hydrogen-bond acceptors (Lipinski definition) is 4. The summed E-state index contributed by atoms with van der Waals surface area (Å²) in [5, 5.41) is 7.28. The molecule has 0 spiro atoms. The van der Waals surface area contributed by atoms with Crippen molar-refractivity contribution in [3.8, 4) is 0 Å². The molecule has 0 fully saturated rings. The van der Waals surface area contributed by atoms with E-state index in [1.54, 1.807) is 10.7 Å². The molecule has 3 aromatic rings. The van der Waals surface area contributed by atoms with E-state index in [1.165, 1.54) is 0 Å². The van der Waals surface area contributed by atoms with Crippen molar-refractivity contribution in [3.05, 3.63) is 59.7 Å². The molecule has 1 amide bonds. The van der Waals surface area contributed by atoms with Crippen molar-refractivity contribution in [3.63, 3.8) is 0 Å². The van der Waals surface area contributed by atoms with Gasteiger partial charge >= 0.3 is 0 Å². The van der Waals surface area contributed by atoms with Crippen LogP contribution in [-0.2, 0) is 0 Å². The maximum atomic E-state index is 12.5. The maximum Gasteiger partial charge on any atom is 0.291 e. The van der Waals surface area contributed by atoms with Crippen molar-refractivity contribution in [2.45, 2.75) is 32.7 Å². The van der Waals surface area contributed by atoms with Gasteiger partial charge in [-0.05, 0) is 25.0 Å². The number of hydrogen-bond donors (Lipinski definition) is 1. The van der Waals surface area contributed by atoms with Crippen LogP contribution in [0.4, 0.5) is 0 Å². The lowest BCUT2D eigenvalue weighted by molar-refractivity contribution is 0.0924. The van der Waals surface area contributed by atoms with E-state index in [2.05, 4.69) is 27.3 Å². The third-order valence-corrected chi connectivity index (χ3v) is 3.72. The summed E-state index contributed by atoms with van der Waals surface area (Å²) in [6.45, 7) is 3.99. The van der Waals surface area contributed by atoms with Gasteiger partial charge < -0.3 is 5.32 Å². The van der Waals surface area contributed by atoms with Crippen LogP contribution in [0.15, 0.2) is 42.6 Å². The molecule has 3 rings (SSSR count). The second-order valence-corrected chi connectivity index (χ2v) is 5.46. The Balaban J connectivity index is 1.84. The summed E-state index contributed by atoms with van der Waals surface area (Å²) < 4.78 is 1.58. The first-order chi connectivity index (χ1) is 11.2. The number of nitrogens with zero attached hydrogens (tertiary/aromatic N) is 4. The Hall–Kier alpha value is -2.76. The lowest BCUT2D eigenvalue weighted by atomic mass is 10.0. The number of carbonyl (C=O) groups excluding carboxylic acids is 1. The summed E-state index contributed by atoms with van der Waals surface area (Å²) in [6, 6.07) is 11.7. The Labute approximate surface area is 134 Å². The molecule has 6 heteroatoms. The molecule has 2 heterocycles. The van der Waals surface area contributed by atoms with Crippen LogP contribution in [0.1, 0.15) is 47.7 Å². The van der Waals surface area contributed by atoms with Crippen LogP contribution in [0.2, 0.25) is 0 Å².